The fraction of sp³-hybridized carbons (Fsp3) is 0.208. The number of aromatic nitrogens is 4. The van der Waals surface area contributed by atoms with Crippen LogP contribution < -0.4 is 22.3 Å². The maximum atomic E-state index is 13.6. The van der Waals surface area contributed by atoms with Crippen molar-refractivity contribution in [3.05, 3.63) is 74.8 Å². The van der Waals surface area contributed by atoms with Crippen LogP contribution >= 0.6 is 11.6 Å². The highest BCUT2D eigenvalue weighted by atomic mass is 35.5. The number of benzene rings is 2. The van der Waals surface area contributed by atoms with Gasteiger partial charge in [-0.25, -0.2) is 4.98 Å². The second-order valence-electron chi connectivity index (χ2n) is 8.03. The van der Waals surface area contributed by atoms with Gasteiger partial charge in [0.1, 0.15) is 23.3 Å². The molecule has 0 radical (unpaired) electrons. The number of nitrogens with two attached hydrogens (primary N) is 2. The number of hydrogen-bond acceptors (Lipinski definition) is 8. The first-order valence-electron chi connectivity index (χ1n) is 10.7. The van der Waals surface area contributed by atoms with Crippen LogP contribution in [0.5, 0.6) is 0 Å². The molecule has 0 saturated heterocycles. The Morgan fingerprint density at radius 3 is 2.65 bits per heavy atom. The Morgan fingerprint density at radius 1 is 1.15 bits per heavy atom. The summed E-state index contributed by atoms with van der Waals surface area (Å²) in [6, 6.07) is 15.0. The first-order valence-corrected chi connectivity index (χ1v) is 11.1. The van der Waals surface area contributed by atoms with E-state index in [4.69, 9.17) is 28.1 Å². The number of rotatable bonds is 6. The topological polar surface area (TPSA) is 149 Å². The number of fused-ring (bicyclic) bond motifs is 1. The van der Waals surface area contributed by atoms with Gasteiger partial charge >= 0.3 is 0 Å². The number of nitriles is 1. The molecule has 2 aromatic heterocycles. The molecular formula is C24H23ClN8O. The highest BCUT2D eigenvalue weighted by Crippen LogP contribution is 2.23. The van der Waals surface area contributed by atoms with E-state index in [0.29, 0.717) is 40.4 Å². The van der Waals surface area contributed by atoms with Crippen LogP contribution in [-0.4, -0.2) is 26.1 Å². The van der Waals surface area contributed by atoms with Gasteiger partial charge in [-0.05, 0) is 35.7 Å². The van der Waals surface area contributed by atoms with Gasteiger partial charge in [0.05, 0.1) is 21.6 Å². The summed E-state index contributed by atoms with van der Waals surface area (Å²) in [6.07, 6.45) is 0.346. The summed E-state index contributed by atoms with van der Waals surface area (Å²) in [6.45, 7) is 4.50. The van der Waals surface area contributed by atoms with Crippen LogP contribution in [-0.2, 0) is 6.42 Å². The molecule has 2 aromatic carbocycles. The minimum Gasteiger partial charge on any atom is -0.382 e. The van der Waals surface area contributed by atoms with E-state index in [-0.39, 0.29) is 34.6 Å². The molecule has 10 heteroatoms. The summed E-state index contributed by atoms with van der Waals surface area (Å²) in [5.74, 6) is 1.00. The molecule has 34 heavy (non-hydrogen) atoms. The predicted octanol–water partition coefficient (Wildman–Crippen LogP) is 3.64. The van der Waals surface area contributed by atoms with Crippen molar-refractivity contribution in [2.75, 3.05) is 23.3 Å². The first-order chi connectivity index (χ1) is 16.3. The van der Waals surface area contributed by atoms with Crippen molar-refractivity contribution in [2.24, 2.45) is 0 Å². The van der Waals surface area contributed by atoms with Crippen LogP contribution in [0, 0.1) is 11.3 Å². The minimum absolute atomic E-state index is 0.00150. The van der Waals surface area contributed by atoms with E-state index in [9.17, 15) is 10.1 Å². The van der Waals surface area contributed by atoms with Crippen molar-refractivity contribution < 1.29 is 0 Å². The smallest absolute Gasteiger partial charge is 0.267 e. The average Bonchev–Trinajstić information content (AvgIpc) is 2.79. The van der Waals surface area contributed by atoms with Gasteiger partial charge in [0, 0.05) is 13.0 Å². The van der Waals surface area contributed by atoms with Crippen LogP contribution in [0.15, 0.2) is 47.3 Å². The van der Waals surface area contributed by atoms with Gasteiger partial charge in [0.2, 0.25) is 5.95 Å². The van der Waals surface area contributed by atoms with Crippen LogP contribution in [0.4, 0.5) is 17.6 Å². The lowest BCUT2D eigenvalue weighted by atomic mass is 10.0. The normalized spacial score (nSPS) is 11.0. The molecule has 0 bridgehead atoms. The molecular weight excluding hydrogens is 452 g/mol. The molecule has 0 spiro atoms. The fourth-order valence-electron chi connectivity index (χ4n) is 3.72. The number of anilines is 3. The number of halogens is 1. The van der Waals surface area contributed by atoms with Gasteiger partial charge < -0.3 is 16.8 Å². The number of nitrogens with zero attached hydrogens (tertiary/aromatic N) is 5. The zero-order chi connectivity index (χ0) is 24.4. The third-order valence-electron chi connectivity index (χ3n) is 5.42. The second-order valence-corrected chi connectivity index (χ2v) is 8.44. The lowest BCUT2D eigenvalue weighted by Gasteiger charge is -2.16. The van der Waals surface area contributed by atoms with E-state index < -0.39 is 0 Å². The van der Waals surface area contributed by atoms with Crippen molar-refractivity contribution >= 4 is 40.1 Å². The Balaban J connectivity index is 1.78. The summed E-state index contributed by atoms with van der Waals surface area (Å²) in [4.78, 5) is 26.2. The molecule has 5 N–H and O–H groups in total. The zero-order valence-electron chi connectivity index (χ0n) is 18.7. The zero-order valence-corrected chi connectivity index (χ0v) is 19.5. The maximum absolute atomic E-state index is 13.6. The third-order valence-corrected chi connectivity index (χ3v) is 5.73. The number of nitrogen functional groups attached to an aromatic ring is 2. The van der Waals surface area contributed by atoms with Crippen LogP contribution in [0.25, 0.3) is 16.6 Å². The average molecular weight is 475 g/mol. The van der Waals surface area contributed by atoms with Crippen LogP contribution in [0.2, 0.25) is 5.02 Å². The molecule has 9 nitrogen and oxygen atoms in total. The largest absolute Gasteiger partial charge is 0.382 e. The Morgan fingerprint density at radius 2 is 1.91 bits per heavy atom. The van der Waals surface area contributed by atoms with Gasteiger partial charge in [0.15, 0.2) is 5.82 Å². The van der Waals surface area contributed by atoms with E-state index in [1.807, 2.05) is 30.3 Å². The van der Waals surface area contributed by atoms with Crippen LogP contribution in [0.1, 0.15) is 36.7 Å². The first kappa shape index (κ1) is 23.0. The molecule has 2 heterocycles. The Hall–Kier alpha value is -4.16. The quantitative estimate of drug-likeness (QED) is 0.383. The molecule has 0 aliphatic heterocycles. The minimum atomic E-state index is -0.250. The predicted molar refractivity (Wildman–Crippen MR) is 134 cm³/mol. The second kappa shape index (κ2) is 9.37. The summed E-state index contributed by atoms with van der Waals surface area (Å²) in [7, 11) is 0. The van der Waals surface area contributed by atoms with Crippen molar-refractivity contribution in [3.63, 3.8) is 0 Å². The Labute approximate surface area is 201 Å². The van der Waals surface area contributed by atoms with Crippen LogP contribution in [0.3, 0.4) is 0 Å². The molecule has 172 valence electrons. The summed E-state index contributed by atoms with van der Waals surface area (Å²) in [5, 5.41) is 13.2. The van der Waals surface area contributed by atoms with Gasteiger partial charge in [-0.3, -0.25) is 9.36 Å². The molecule has 0 unspecified atom stereocenters. The van der Waals surface area contributed by atoms with E-state index in [1.54, 1.807) is 22.8 Å². The maximum Gasteiger partial charge on any atom is 0.267 e. The number of nitrogens with one attached hydrogen (secondary N) is 1. The van der Waals surface area contributed by atoms with Gasteiger partial charge in [0.25, 0.3) is 5.56 Å². The molecule has 0 fully saturated rings. The molecule has 4 rings (SSSR count). The lowest BCUT2D eigenvalue weighted by molar-refractivity contribution is 0.803. The molecule has 0 saturated carbocycles. The molecule has 0 aliphatic carbocycles. The standard InChI is InChI=1S/C24H23ClN8O/c1-13(2)14-5-3-6-15(11-14)33-19(30-18-8-4-7-17(25)20(18)23(33)34)9-10-29-22-16(12-26)21(27)31-24(28)32-22/h3-8,11,13H,9-10H2,1-2H3,(H5,27,28,29,31,32). The fourth-order valence-corrected chi connectivity index (χ4v) is 3.97. The van der Waals surface area contributed by atoms with E-state index in [2.05, 4.69) is 29.1 Å². The summed E-state index contributed by atoms with van der Waals surface area (Å²) >= 11 is 6.37. The van der Waals surface area contributed by atoms with Crippen molar-refractivity contribution in [1.29, 1.82) is 5.26 Å². The third kappa shape index (κ3) is 4.36. The molecule has 4 aromatic rings. The summed E-state index contributed by atoms with van der Waals surface area (Å²) < 4.78 is 1.58. The highest BCUT2D eigenvalue weighted by molar-refractivity contribution is 6.35. The van der Waals surface area contributed by atoms with E-state index in [1.165, 1.54) is 0 Å². The lowest BCUT2D eigenvalue weighted by Crippen LogP contribution is -2.26. The molecule has 0 aliphatic rings. The Bertz CT molecular complexity index is 1490. The van der Waals surface area contributed by atoms with E-state index in [0.717, 1.165) is 5.56 Å². The Kier molecular flexibility index (Phi) is 6.34. The van der Waals surface area contributed by atoms with Crippen molar-refractivity contribution in [3.8, 4) is 11.8 Å². The van der Waals surface area contributed by atoms with Gasteiger partial charge in [-0.15, -0.1) is 0 Å². The SMILES string of the molecule is CC(C)c1cccc(-n2c(CCNc3nc(N)nc(N)c3C#N)nc3cccc(Cl)c3c2=O)c1. The van der Waals surface area contributed by atoms with Gasteiger partial charge in [-0.2, -0.15) is 15.2 Å². The monoisotopic (exact) mass is 474 g/mol. The van der Waals surface area contributed by atoms with Crippen molar-refractivity contribution in [2.45, 2.75) is 26.2 Å². The van der Waals surface area contributed by atoms with Gasteiger partial charge in [-0.1, -0.05) is 43.6 Å². The van der Waals surface area contributed by atoms with E-state index >= 15 is 0 Å². The molecule has 0 atom stereocenters. The summed E-state index contributed by atoms with van der Waals surface area (Å²) in [5.41, 5.74) is 13.6. The number of hydrogen-bond donors (Lipinski definition) is 3. The molecule has 0 amide bonds. The highest BCUT2D eigenvalue weighted by Gasteiger charge is 2.17. The van der Waals surface area contributed by atoms with Crippen molar-refractivity contribution in [1.82, 2.24) is 19.5 Å².